The maximum absolute atomic E-state index is 12.9. The first-order chi connectivity index (χ1) is 10.1. The molecule has 1 saturated heterocycles. The van der Waals surface area contributed by atoms with Crippen molar-refractivity contribution < 1.29 is 13.2 Å². The summed E-state index contributed by atoms with van der Waals surface area (Å²) in [7, 11) is -1.79. The Bertz CT molecular complexity index is 364. The lowest BCUT2D eigenvalue weighted by Crippen LogP contribution is -2.49. The second-order valence-electron chi connectivity index (χ2n) is 5.55. The Morgan fingerprint density at radius 2 is 1.81 bits per heavy atom. The predicted octanol–water partition coefficient (Wildman–Crippen LogP) is 1.05. The third-order valence-corrected chi connectivity index (χ3v) is 5.73. The molecule has 126 valence electrons. The second kappa shape index (κ2) is 9.74. The average molecular weight is 321 g/mol. The monoisotopic (exact) mass is 321 g/mol. The second-order valence-corrected chi connectivity index (χ2v) is 7.48. The summed E-state index contributed by atoms with van der Waals surface area (Å²) >= 11 is 0. The fraction of sp³-hybridized carbons (Fsp3) is 1.00. The van der Waals surface area contributed by atoms with Gasteiger partial charge in [0.25, 0.3) is 10.2 Å². The SMILES string of the molecule is CCCN(CCC)S(=O)(=O)N(CCOC)CC1CCCN1. The molecule has 7 heteroatoms. The summed E-state index contributed by atoms with van der Waals surface area (Å²) in [6, 6.07) is 0.265. The summed E-state index contributed by atoms with van der Waals surface area (Å²) in [6.45, 7) is 7.55. The van der Waals surface area contributed by atoms with E-state index in [9.17, 15) is 8.42 Å². The molecule has 1 aliphatic heterocycles. The quantitative estimate of drug-likeness (QED) is 0.618. The Balaban J connectivity index is 2.80. The Morgan fingerprint density at radius 3 is 2.29 bits per heavy atom. The maximum atomic E-state index is 12.9. The molecule has 0 amide bonds. The lowest BCUT2D eigenvalue weighted by Gasteiger charge is -2.31. The van der Waals surface area contributed by atoms with Crippen molar-refractivity contribution in [2.75, 3.05) is 46.4 Å². The van der Waals surface area contributed by atoms with Gasteiger partial charge >= 0.3 is 0 Å². The van der Waals surface area contributed by atoms with Crippen molar-refractivity contribution in [1.29, 1.82) is 0 Å². The highest BCUT2D eigenvalue weighted by atomic mass is 32.2. The van der Waals surface area contributed by atoms with Crippen LogP contribution < -0.4 is 5.32 Å². The molecule has 1 N–H and O–H groups in total. The highest BCUT2D eigenvalue weighted by molar-refractivity contribution is 7.86. The molecule has 1 atom stereocenters. The topological polar surface area (TPSA) is 61.9 Å². The molecule has 1 fully saturated rings. The minimum atomic E-state index is -3.40. The van der Waals surface area contributed by atoms with E-state index in [1.807, 2.05) is 13.8 Å². The molecular formula is C14H31N3O3S. The molecule has 1 heterocycles. The Labute approximate surface area is 130 Å². The Kier molecular flexibility index (Phi) is 8.73. The van der Waals surface area contributed by atoms with Crippen LogP contribution in [0.5, 0.6) is 0 Å². The van der Waals surface area contributed by atoms with Crippen molar-refractivity contribution in [2.45, 2.75) is 45.6 Å². The zero-order chi connectivity index (χ0) is 15.7. The molecule has 6 nitrogen and oxygen atoms in total. The molecule has 1 aliphatic rings. The number of nitrogens with one attached hydrogen (secondary N) is 1. The fourth-order valence-electron chi connectivity index (χ4n) is 2.66. The lowest BCUT2D eigenvalue weighted by atomic mass is 10.2. The first-order valence-corrected chi connectivity index (χ1v) is 9.43. The molecule has 0 aromatic carbocycles. The molecule has 1 unspecified atom stereocenters. The van der Waals surface area contributed by atoms with E-state index in [0.717, 1.165) is 32.2 Å². The van der Waals surface area contributed by atoms with E-state index in [2.05, 4.69) is 5.32 Å². The first kappa shape index (κ1) is 18.8. The molecule has 0 radical (unpaired) electrons. The van der Waals surface area contributed by atoms with Gasteiger partial charge in [-0.25, -0.2) is 0 Å². The number of methoxy groups -OCH3 is 1. The van der Waals surface area contributed by atoms with E-state index in [1.54, 1.807) is 15.7 Å². The van der Waals surface area contributed by atoms with E-state index in [0.29, 0.717) is 32.8 Å². The van der Waals surface area contributed by atoms with Crippen LogP contribution in [-0.2, 0) is 14.9 Å². The van der Waals surface area contributed by atoms with E-state index in [1.165, 1.54) is 0 Å². The van der Waals surface area contributed by atoms with Gasteiger partial charge in [-0.15, -0.1) is 0 Å². The zero-order valence-electron chi connectivity index (χ0n) is 13.7. The van der Waals surface area contributed by atoms with Gasteiger partial charge in [-0.1, -0.05) is 13.8 Å². The lowest BCUT2D eigenvalue weighted by molar-refractivity contribution is 0.172. The van der Waals surface area contributed by atoms with Crippen LogP contribution in [0.4, 0.5) is 0 Å². The fourth-order valence-corrected chi connectivity index (χ4v) is 4.48. The van der Waals surface area contributed by atoms with Gasteiger partial charge in [0.1, 0.15) is 0 Å². The van der Waals surface area contributed by atoms with Crippen molar-refractivity contribution in [1.82, 2.24) is 13.9 Å². The van der Waals surface area contributed by atoms with Crippen LogP contribution in [0, 0.1) is 0 Å². The number of rotatable bonds is 11. The third-order valence-electron chi connectivity index (χ3n) is 3.73. The third kappa shape index (κ3) is 5.83. The van der Waals surface area contributed by atoms with Crippen LogP contribution in [-0.4, -0.2) is 69.5 Å². The van der Waals surface area contributed by atoms with Gasteiger partial charge in [0, 0.05) is 39.3 Å². The zero-order valence-corrected chi connectivity index (χ0v) is 14.5. The number of hydrogen-bond donors (Lipinski definition) is 1. The summed E-state index contributed by atoms with van der Waals surface area (Å²) in [5.74, 6) is 0. The molecule has 0 aliphatic carbocycles. The van der Waals surface area contributed by atoms with Crippen molar-refractivity contribution in [3.05, 3.63) is 0 Å². The molecule has 0 aromatic rings. The highest BCUT2D eigenvalue weighted by Gasteiger charge is 2.31. The van der Waals surface area contributed by atoms with Crippen LogP contribution in [0.25, 0.3) is 0 Å². The van der Waals surface area contributed by atoms with Crippen LogP contribution in [0.3, 0.4) is 0 Å². The molecule has 21 heavy (non-hydrogen) atoms. The number of nitrogens with zero attached hydrogens (tertiary/aromatic N) is 2. The maximum Gasteiger partial charge on any atom is 0.282 e. The standard InChI is InChI=1S/C14H31N3O3S/c1-4-9-16(10-5-2)21(18,19)17(11-12-20-3)13-14-7-6-8-15-14/h14-15H,4-13H2,1-3H3. The van der Waals surface area contributed by atoms with Crippen molar-refractivity contribution >= 4 is 10.2 Å². The largest absolute Gasteiger partial charge is 0.383 e. The summed E-state index contributed by atoms with van der Waals surface area (Å²) < 4.78 is 34.0. The summed E-state index contributed by atoms with van der Waals surface area (Å²) in [5.41, 5.74) is 0. The van der Waals surface area contributed by atoms with Crippen LogP contribution >= 0.6 is 0 Å². The van der Waals surface area contributed by atoms with Crippen LogP contribution in [0.1, 0.15) is 39.5 Å². The minimum absolute atomic E-state index is 0.265. The normalized spacial score (nSPS) is 19.8. The smallest absolute Gasteiger partial charge is 0.282 e. The van der Waals surface area contributed by atoms with Gasteiger partial charge in [0.15, 0.2) is 0 Å². The molecule has 0 spiro atoms. The minimum Gasteiger partial charge on any atom is -0.383 e. The highest BCUT2D eigenvalue weighted by Crippen LogP contribution is 2.14. The van der Waals surface area contributed by atoms with E-state index in [-0.39, 0.29) is 6.04 Å². The summed E-state index contributed by atoms with van der Waals surface area (Å²) in [6.07, 6.45) is 3.83. The van der Waals surface area contributed by atoms with E-state index in [4.69, 9.17) is 4.74 Å². The Hall–Kier alpha value is -0.210. The van der Waals surface area contributed by atoms with E-state index >= 15 is 0 Å². The van der Waals surface area contributed by atoms with Gasteiger partial charge < -0.3 is 10.1 Å². The van der Waals surface area contributed by atoms with Gasteiger partial charge in [-0.2, -0.15) is 17.0 Å². The molecular weight excluding hydrogens is 290 g/mol. The average Bonchev–Trinajstić information content (AvgIpc) is 2.96. The van der Waals surface area contributed by atoms with Gasteiger partial charge in [-0.3, -0.25) is 0 Å². The van der Waals surface area contributed by atoms with E-state index < -0.39 is 10.2 Å². The Morgan fingerprint density at radius 1 is 1.14 bits per heavy atom. The molecule has 1 rings (SSSR count). The van der Waals surface area contributed by atoms with Crippen molar-refractivity contribution in [3.8, 4) is 0 Å². The number of ether oxygens (including phenoxy) is 1. The number of hydrogen-bond acceptors (Lipinski definition) is 4. The summed E-state index contributed by atoms with van der Waals surface area (Å²) in [4.78, 5) is 0. The first-order valence-electron chi connectivity index (χ1n) is 8.03. The van der Waals surface area contributed by atoms with Crippen molar-refractivity contribution in [3.63, 3.8) is 0 Å². The van der Waals surface area contributed by atoms with Crippen LogP contribution in [0.15, 0.2) is 0 Å². The van der Waals surface area contributed by atoms with Gasteiger partial charge in [0.05, 0.1) is 6.61 Å². The predicted molar refractivity (Wildman–Crippen MR) is 85.5 cm³/mol. The van der Waals surface area contributed by atoms with Gasteiger partial charge in [-0.05, 0) is 32.2 Å². The summed E-state index contributed by atoms with van der Waals surface area (Å²) in [5, 5.41) is 3.37. The van der Waals surface area contributed by atoms with Gasteiger partial charge in [0.2, 0.25) is 0 Å². The van der Waals surface area contributed by atoms with Crippen molar-refractivity contribution in [2.24, 2.45) is 0 Å². The molecule has 0 aromatic heterocycles. The molecule has 0 saturated carbocycles. The van der Waals surface area contributed by atoms with Crippen LogP contribution in [0.2, 0.25) is 0 Å². The molecule has 0 bridgehead atoms.